The number of halogens is 2. The summed E-state index contributed by atoms with van der Waals surface area (Å²) in [4.78, 5) is 6.63. The second kappa shape index (κ2) is 6.74. The minimum absolute atomic E-state index is 0.104. The summed E-state index contributed by atoms with van der Waals surface area (Å²) in [5.74, 6) is 0.399. The van der Waals surface area contributed by atoms with E-state index in [1.807, 2.05) is 6.07 Å². The molecule has 1 aromatic heterocycles. The number of piperidine rings is 1. The zero-order valence-electron chi connectivity index (χ0n) is 13.4. The number of ether oxygens (including phenoxy) is 2. The zero-order valence-corrected chi connectivity index (χ0v) is 13.4. The average molecular weight is 337 g/mol. The van der Waals surface area contributed by atoms with Crippen molar-refractivity contribution >= 4 is 11.0 Å². The van der Waals surface area contributed by atoms with Gasteiger partial charge in [-0.25, -0.2) is 4.98 Å². The summed E-state index contributed by atoms with van der Waals surface area (Å²) in [6, 6.07) is 7.14. The summed E-state index contributed by atoms with van der Waals surface area (Å²) in [6.45, 7) is -0.169. The minimum Gasteiger partial charge on any atom is -0.349 e. The largest absolute Gasteiger partial charge is 0.349 e. The maximum atomic E-state index is 13.6. The van der Waals surface area contributed by atoms with E-state index in [0.717, 1.165) is 30.4 Å². The molecule has 2 aliphatic rings. The van der Waals surface area contributed by atoms with Crippen molar-refractivity contribution in [2.45, 2.75) is 44.7 Å². The normalized spacial score (nSPS) is 23.5. The van der Waals surface area contributed by atoms with E-state index in [9.17, 15) is 8.78 Å². The smallest absolute Gasteiger partial charge is 0.320 e. The highest BCUT2D eigenvalue weighted by molar-refractivity contribution is 5.75. The Balaban J connectivity index is 1.63. The van der Waals surface area contributed by atoms with E-state index in [4.69, 9.17) is 9.47 Å². The molecule has 0 radical (unpaired) electrons. The molecular formula is C17H21F2N3O2. The van der Waals surface area contributed by atoms with Crippen LogP contribution in [0.4, 0.5) is 8.78 Å². The molecule has 0 N–H and O–H groups in total. The molecular weight excluding hydrogens is 316 g/mol. The van der Waals surface area contributed by atoms with E-state index in [0.29, 0.717) is 36.6 Å². The molecule has 130 valence electrons. The summed E-state index contributed by atoms with van der Waals surface area (Å²) in [5, 5.41) is 0. The van der Waals surface area contributed by atoms with Crippen LogP contribution in [0.2, 0.25) is 0 Å². The van der Waals surface area contributed by atoms with Gasteiger partial charge in [0.1, 0.15) is 5.82 Å². The number of hydrogen-bond acceptors (Lipinski definition) is 4. The molecule has 3 heterocycles. The van der Waals surface area contributed by atoms with Gasteiger partial charge in [0, 0.05) is 0 Å². The first-order valence-corrected chi connectivity index (χ1v) is 8.45. The van der Waals surface area contributed by atoms with Crippen molar-refractivity contribution in [3.63, 3.8) is 0 Å². The number of para-hydroxylation sites is 2. The quantitative estimate of drug-likeness (QED) is 0.859. The lowest BCUT2D eigenvalue weighted by atomic mass is 10.0. The molecule has 7 heteroatoms. The Morgan fingerprint density at radius 2 is 1.96 bits per heavy atom. The average Bonchev–Trinajstić information content (AvgIpc) is 3.22. The monoisotopic (exact) mass is 337 g/mol. The topological polar surface area (TPSA) is 39.5 Å². The molecule has 5 nitrogen and oxygen atoms in total. The Hall–Kier alpha value is -1.57. The van der Waals surface area contributed by atoms with Crippen LogP contribution in [-0.2, 0) is 16.0 Å². The Morgan fingerprint density at radius 1 is 1.17 bits per heavy atom. The molecule has 1 aromatic carbocycles. The zero-order chi connectivity index (χ0) is 16.5. The number of nitrogens with zero attached hydrogens (tertiary/aromatic N) is 3. The Morgan fingerprint density at radius 3 is 2.75 bits per heavy atom. The van der Waals surface area contributed by atoms with Gasteiger partial charge in [-0.1, -0.05) is 18.6 Å². The second-order valence-electron chi connectivity index (χ2n) is 6.31. The van der Waals surface area contributed by atoms with E-state index in [-0.39, 0.29) is 12.3 Å². The van der Waals surface area contributed by atoms with Crippen LogP contribution in [0, 0.1) is 0 Å². The number of rotatable bonds is 4. The van der Waals surface area contributed by atoms with Crippen LogP contribution >= 0.6 is 0 Å². The molecule has 0 aliphatic carbocycles. The van der Waals surface area contributed by atoms with Gasteiger partial charge in [-0.2, -0.15) is 8.78 Å². The van der Waals surface area contributed by atoms with Crippen molar-refractivity contribution in [1.82, 2.24) is 14.5 Å². The molecule has 0 spiro atoms. The molecule has 0 bridgehead atoms. The Bertz CT molecular complexity index is 700. The third-order valence-corrected chi connectivity index (χ3v) is 4.83. The molecule has 0 saturated carbocycles. The number of alkyl halides is 2. The number of fused-ring (bicyclic) bond motifs is 1. The van der Waals surface area contributed by atoms with E-state index >= 15 is 0 Å². The number of hydrogen-bond donors (Lipinski definition) is 0. The van der Waals surface area contributed by atoms with Crippen molar-refractivity contribution in [2.75, 3.05) is 19.8 Å². The summed E-state index contributed by atoms with van der Waals surface area (Å²) in [5.41, 5.74) is 1.08. The number of imidazole rings is 1. The van der Waals surface area contributed by atoms with Gasteiger partial charge >= 0.3 is 6.55 Å². The fourth-order valence-electron chi connectivity index (χ4n) is 3.73. The van der Waals surface area contributed by atoms with Gasteiger partial charge in [0.15, 0.2) is 6.29 Å². The fourth-order valence-corrected chi connectivity index (χ4v) is 3.73. The van der Waals surface area contributed by atoms with Crippen molar-refractivity contribution in [2.24, 2.45) is 0 Å². The van der Waals surface area contributed by atoms with Gasteiger partial charge in [-0.15, -0.1) is 0 Å². The number of aromatic nitrogens is 2. The molecule has 2 aromatic rings. The highest BCUT2D eigenvalue weighted by atomic mass is 19.3. The van der Waals surface area contributed by atoms with Crippen molar-refractivity contribution in [3.05, 3.63) is 30.1 Å². The van der Waals surface area contributed by atoms with Gasteiger partial charge in [-0.3, -0.25) is 9.47 Å². The molecule has 2 fully saturated rings. The molecule has 1 atom stereocenters. The Labute approximate surface area is 139 Å². The van der Waals surface area contributed by atoms with Gasteiger partial charge in [0.05, 0.1) is 36.8 Å². The lowest BCUT2D eigenvalue weighted by molar-refractivity contribution is -0.112. The number of likely N-dealkylation sites (tertiary alicyclic amines) is 1. The predicted octanol–water partition coefficient (Wildman–Crippen LogP) is 3.16. The molecule has 24 heavy (non-hydrogen) atoms. The standard InChI is InChI=1S/C17H21F2N3O2/c18-17(19)22-13-6-2-1-5-12(13)20-15(22)11-21-8-4-3-7-14(21)16-23-9-10-24-16/h1-2,5-6,14,16-17H,3-4,7-11H2/t14-/m1/s1. The highest BCUT2D eigenvalue weighted by Crippen LogP contribution is 2.28. The van der Waals surface area contributed by atoms with Gasteiger partial charge in [0.2, 0.25) is 0 Å². The third-order valence-electron chi connectivity index (χ3n) is 4.83. The van der Waals surface area contributed by atoms with Crippen molar-refractivity contribution in [3.8, 4) is 0 Å². The maximum Gasteiger partial charge on any atom is 0.320 e. The van der Waals surface area contributed by atoms with Crippen LogP contribution in [0.25, 0.3) is 11.0 Å². The van der Waals surface area contributed by atoms with E-state index in [1.54, 1.807) is 18.2 Å². The maximum absolute atomic E-state index is 13.6. The summed E-state index contributed by atoms with van der Waals surface area (Å²) in [7, 11) is 0. The molecule has 2 aliphatic heterocycles. The van der Waals surface area contributed by atoms with Crippen LogP contribution in [0.3, 0.4) is 0 Å². The van der Waals surface area contributed by atoms with Gasteiger partial charge in [-0.05, 0) is 31.5 Å². The fraction of sp³-hybridized carbons (Fsp3) is 0.588. The first-order valence-electron chi connectivity index (χ1n) is 8.45. The van der Waals surface area contributed by atoms with E-state index in [2.05, 4.69) is 9.88 Å². The molecule has 2 saturated heterocycles. The highest BCUT2D eigenvalue weighted by Gasteiger charge is 2.34. The molecule has 4 rings (SSSR count). The first kappa shape index (κ1) is 15.9. The lowest BCUT2D eigenvalue weighted by Crippen LogP contribution is -2.47. The van der Waals surface area contributed by atoms with Gasteiger partial charge < -0.3 is 9.47 Å². The predicted molar refractivity (Wildman–Crippen MR) is 84.7 cm³/mol. The van der Waals surface area contributed by atoms with Crippen molar-refractivity contribution in [1.29, 1.82) is 0 Å². The second-order valence-corrected chi connectivity index (χ2v) is 6.31. The third kappa shape index (κ3) is 2.92. The molecule has 0 amide bonds. The molecule has 0 unspecified atom stereocenters. The summed E-state index contributed by atoms with van der Waals surface area (Å²) in [6.07, 6.45) is 2.86. The van der Waals surface area contributed by atoms with Crippen LogP contribution in [-0.4, -0.2) is 46.5 Å². The minimum atomic E-state index is -2.60. The first-order chi connectivity index (χ1) is 11.7. The number of benzene rings is 1. The van der Waals surface area contributed by atoms with Crippen molar-refractivity contribution < 1.29 is 18.3 Å². The van der Waals surface area contributed by atoms with E-state index in [1.165, 1.54) is 0 Å². The van der Waals surface area contributed by atoms with E-state index < -0.39 is 6.55 Å². The Kier molecular flexibility index (Phi) is 4.47. The summed E-state index contributed by atoms with van der Waals surface area (Å²) >= 11 is 0. The van der Waals surface area contributed by atoms with Crippen LogP contribution in [0.15, 0.2) is 24.3 Å². The van der Waals surface area contributed by atoms with Gasteiger partial charge in [0.25, 0.3) is 0 Å². The van der Waals surface area contributed by atoms with Crippen LogP contribution < -0.4 is 0 Å². The SMILES string of the molecule is FC(F)n1c(CN2CCCC[C@@H]2C2OCCO2)nc2ccccc21. The summed E-state index contributed by atoms with van der Waals surface area (Å²) < 4.78 is 39.6. The lowest BCUT2D eigenvalue weighted by Gasteiger charge is -2.37. The van der Waals surface area contributed by atoms with Crippen LogP contribution in [0.1, 0.15) is 31.6 Å². The van der Waals surface area contributed by atoms with Crippen LogP contribution in [0.5, 0.6) is 0 Å².